The minimum Gasteiger partial charge on any atom is -0.330 e. The van der Waals surface area contributed by atoms with E-state index in [-0.39, 0.29) is 0 Å². The van der Waals surface area contributed by atoms with Crippen molar-refractivity contribution in [3.63, 3.8) is 0 Å². The Balaban J connectivity index is 2.31. The highest BCUT2D eigenvalue weighted by Gasteiger charge is 2.07. The molecule has 0 aliphatic carbocycles. The Morgan fingerprint density at radius 1 is 1.53 bits per heavy atom. The average molecular weight is 238 g/mol. The van der Waals surface area contributed by atoms with Crippen molar-refractivity contribution >= 4 is 5.78 Å². The number of ketones is 1. The highest BCUT2D eigenvalue weighted by atomic mass is 16.1. The molecule has 0 saturated heterocycles. The lowest BCUT2D eigenvalue weighted by atomic mass is 10.0. The Labute approximate surface area is 102 Å². The number of carbonyl (C=O) groups excluding carboxylic acids is 1. The van der Waals surface area contributed by atoms with Gasteiger partial charge in [0.15, 0.2) is 0 Å². The molecule has 0 fully saturated rings. The summed E-state index contributed by atoms with van der Waals surface area (Å²) in [6.45, 7) is 5.56. The monoisotopic (exact) mass is 238 g/mol. The zero-order chi connectivity index (χ0) is 12.7. The van der Waals surface area contributed by atoms with Crippen LogP contribution >= 0.6 is 0 Å². The largest absolute Gasteiger partial charge is 0.330 e. The van der Waals surface area contributed by atoms with E-state index in [2.05, 4.69) is 24.2 Å². The van der Waals surface area contributed by atoms with Crippen LogP contribution in [-0.4, -0.2) is 27.3 Å². The zero-order valence-electron chi connectivity index (χ0n) is 10.7. The second kappa shape index (κ2) is 7.17. The number of Topliss-reactive ketones (excluding diaryl/α,β-unsaturated/α-hetero) is 1. The van der Waals surface area contributed by atoms with Gasteiger partial charge in [-0.05, 0) is 25.3 Å². The van der Waals surface area contributed by atoms with E-state index >= 15 is 0 Å². The third-order valence-electron chi connectivity index (χ3n) is 2.47. The van der Waals surface area contributed by atoms with Crippen LogP contribution in [0.2, 0.25) is 0 Å². The van der Waals surface area contributed by atoms with Crippen molar-refractivity contribution < 1.29 is 4.79 Å². The molecule has 0 amide bonds. The minimum absolute atomic E-state index is 0.302. The van der Waals surface area contributed by atoms with Crippen LogP contribution < -0.4 is 5.73 Å². The lowest BCUT2D eigenvalue weighted by Gasteiger charge is -2.01. The van der Waals surface area contributed by atoms with Gasteiger partial charge < -0.3 is 5.73 Å². The summed E-state index contributed by atoms with van der Waals surface area (Å²) in [7, 11) is 0. The van der Waals surface area contributed by atoms with Gasteiger partial charge >= 0.3 is 0 Å². The van der Waals surface area contributed by atoms with Crippen molar-refractivity contribution in [1.82, 2.24) is 15.0 Å². The third kappa shape index (κ3) is 5.58. The van der Waals surface area contributed by atoms with Crippen LogP contribution in [0, 0.1) is 5.92 Å². The molecule has 5 heteroatoms. The number of carbonyl (C=O) groups is 1. The van der Waals surface area contributed by atoms with Gasteiger partial charge in [0.1, 0.15) is 5.78 Å². The maximum Gasteiger partial charge on any atom is 0.133 e. The fourth-order valence-corrected chi connectivity index (χ4v) is 1.64. The standard InChI is InChI=1S/C12H22N4O/c1-10(2)8-12(17)5-4-11-9-16(15-14-11)7-3-6-13/h9-10H,3-8,13H2,1-2H3. The van der Waals surface area contributed by atoms with Gasteiger partial charge in [-0.2, -0.15) is 0 Å². The predicted molar refractivity (Wildman–Crippen MR) is 66.5 cm³/mol. The molecule has 2 N–H and O–H groups in total. The lowest BCUT2D eigenvalue weighted by molar-refractivity contribution is -0.119. The van der Waals surface area contributed by atoms with Gasteiger partial charge in [-0.15, -0.1) is 5.10 Å². The Hall–Kier alpha value is -1.23. The first-order chi connectivity index (χ1) is 8.11. The molecule has 0 spiro atoms. The normalized spacial score (nSPS) is 11.1. The molecule has 1 aromatic rings. The summed E-state index contributed by atoms with van der Waals surface area (Å²) < 4.78 is 1.79. The number of aryl methyl sites for hydroxylation is 2. The SMILES string of the molecule is CC(C)CC(=O)CCc1cn(CCCN)nn1. The van der Waals surface area contributed by atoms with Crippen molar-refractivity contribution in [2.45, 2.75) is 46.1 Å². The van der Waals surface area contributed by atoms with E-state index in [9.17, 15) is 4.79 Å². The van der Waals surface area contributed by atoms with Crippen molar-refractivity contribution in [1.29, 1.82) is 0 Å². The maximum absolute atomic E-state index is 11.5. The first kappa shape index (κ1) is 13.8. The second-order valence-corrected chi connectivity index (χ2v) is 4.75. The third-order valence-corrected chi connectivity index (χ3v) is 2.47. The van der Waals surface area contributed by atoms with E-state index in [1.54, 1.807) is 4.68 Å². The van der Waals surface area contributed by atoms with Crippen molar-refractivity contribution in [2.75, 3.05) is 6.54 Å². The minimum atomic E-state index is 0.302. The number of rotatable bonds is 8. The summed E-state index contributed by atoms with van der Waals surface area (Å²) in [5.41, 5.74) is 6.31. The summed E-state index contributed by atoms with van der Waals surface area (Å²) >= 11 is 0. The molecular weight excluding hydrogens is 216 g/mol. The van der Waals surface area contributed by atoms with Crippen molar-refractivity contribution in [2.24, 2.45) is 11.7 Å². The van der Waals surface area contributed by atoms with E-state index in [4.69, 9.17) is 5.73 Å². The molecule has 5 nitrogen and oxygen atoms in total. The summed E-state index contributed by atoms with van der Waals surface area (Å²) in [4.78, 5) is 11.5. The molecule has 0 bridgehead atoms. The molecule has 0 aliphatic heterocycles. The molecule has 1 heterocycles. The Morgan fingerprint density at radius 2 is 2.29 bits per heavy atom. The Kier molecular flexibility index (Phi) is 5.83. The predicted octanol–water partition coefficient (Wildman–Crippen LogP) is 1.17. The molecule has 0 aromatic carbocycles. The van der Waals surface area contributed by atoms with E-state index in [0.717, 1.165) is 18.7 Å². The van der Waals surface area contributed by atoms with Crippen LogP contribution in [0.5, 0.6) is 0 Å². The van der Waals surface area contributed by atoms with Crippen LogP contribution in [0.4, 0.5) is 0 Å². The number of nitrogens with zero attached hydrogens (tertiary/aromatic N) is 3. The fraction of sp³-hybridized carbons (Fsp3) is 0.750. The molecule has 0 radical (unpaired) electrons. The number of nitrogens with two attached hydrogens (primary N) is 1. The number of aromatic nitrogens is 3. The van der Waals surface area contributed by atoms with Gasteiger partial charge in [0.25, 0.3) is 0 Å². The van der Waals surface area contributed by atoms with E-state index in [1.165, 1.54) is 0 Å². The highest BCUT2D eigenvalue weighted by molar-refractivity contribution is 5.78. The highest BCUT2D eigenvalue weighted by Crippen LogP contribution is 2.06. The van der Waals surface area contributed by atoms with E-state index in [1.807, 2.05) is 6.20 Å². The van der Waals surface area contributed by atoms with Crippen molar-refractivity contribution in [3.8, 4) is 0 Å². The Bertz CT molecular complexity index is 346. The van der Waals surface area contributed by atoms with Crippen molar-refractivity contribution in [3.05, 3.63) is 11.9 Å². The van der Waals surface area contributed by atoms with Crippen LogP contribution in [0.15, 0.2) is 6.20 Å². The quantitative estimate of drug-likeness (QED) is 0.738. The fourth-order valence-electron chi connectivity index (χ4n) is 1.64. The Morgan fingerprint density at radius 3 is 2.94 bits per heavy atom. The second-order valence-electron chi connectivity index (χ2n) is 4.75. The molecular formula is C12H22N4O. The summed E-state index contributed by atoms with van der Waals surface area (Å²) in [6, 6.07) is 0. The summed E-state index contributed by atoms with van der Waals surface area (Å²) in [6.07, 6.45) is 4.71. The van der Waals surface area contributed by atoms with Gasteiger partial charge in [-0.3, -0.25) is 9.48 Å². The average Bonchev–Trinajstić information content (AvgIpc) is 2.70. The van der Waals surface area contributed by atoms with E-state index < -0.39 is 0 Å². The lowest BCUT2D eigenvalue weighted by Crippen LogP contribution is -2.06. The molecule has 1 rings (SSSR count). The molecule has 0 atom stereocenters. The molecule has 0 saturated carbocycles. The topological polar surface area (TPSA) is 73.8 Å². The van der Waals surface area contributed by atoms with Gasteiger partial charge in [0, 0.05) is 25.6 Å². The van der Waals surface area contributed by atoms with Gasteiger partial charge in [-0.25, -0.2) is 0 Å². The van der Waals surface area contributed by atoms with Gasteiger partial charge in [0.2, 0.25) is 0 Å². The summed E-state index contributed by atoms with van der Waals surface area (Å²) in [5, 5.41) is 8.03. The summed E-state index contributed by atoms with van der Waals surface area (Å²) in [5.74, 6) is 0.735. The molecule has 96 valence electrons. The maximum atomic E-state index is 11.5. The van der Waals surface area contributed by atoms with Crippen LogP contribution in [0.25, 0.3) is 0 Å². The first-order valence-corrected chi connectivity index (χ1v) is 6.22. The molecule has 0 unspecified atom stereocenters. The first-order valence-electron chi connectivity index (χ1n) is 6.22. The van der Waals surface area contributed by atoms with Crippen LogP contribution in [0.3, 0.4) is 0 Å². The molecule has 0 aliphatic rings. The molecule has 17 heavy (non-hydrogen) atoms. The molecule has 1 aromatic heterocycles. The zero-order valence-corrected chi connectivity index (χ0v) is 10.7. The smallest absolute Gasteiger partial charge is 0.133 e. The van der Waals surface area contributed by atoms with E-state index in [0.29, 0.717) is 37.5 Å². The number of hydrogen-bond acceptors (Lipinski definition) is 4. The van der Waals surface area contributed by atoms with Gasteiger partial charge in [0.05, 0.1) is 5.69 Å². The van der Waals surface area contributed by atoms with Gasteiger partial charge in [-0.1, -0.05) is 19.1 Å². The van der Waals surface area contributed by atoms with Crippen LogP contribution in [-0.2, 0) is 17.8 Å². The number of hydrogen-bond donors (Lipinski definition) is 1. The van der Waals surface area contributed by atoms with Crippen LogP contribution in [0.1, 0.15) is 38.8 Å².